The Balaban J connectivity index is 1.84. The number of alkyl halides is 3. The molecule has 1 aromatic heterocycles. The lowest BCUT2D eigenvalue weighted by molar-refractivity contribution is -0.137. The third-order valence-corrected chi connectivity index (χ3v) is 6.26. The highest BCUT2D eigenvalue weighted by atomic mass is 19.4. The molecule has 0 radical (unpaired) electrons. The molecule has 1 N–H and O–H groups in total. The highest BCUT2D eigenvalue weighted by Gasteiger charge is 2.34. The van der Waals surface area contributed by atoms with Crippen molar-refractivity contribution in [1.82, 2.24) is 9.97 Å². The Bertz CT molecular complexity index is 1400. The summed E-state index contributed by atoms with van der Waals surface area (Å²) >= 11 is 0. The summed E-state index contributed by atoms with van der Waals surface area (Å²) in [6, 6.07) is 17.2. The van der Waals surface area contributed by atoms with Gasteiger partial charge in [-0.2, -0.15) is 13.2 Å². The smallest absolute Gasteiger partial charge is 0.339 e. The Morgan fingerprint density at radius 3 is 2.39 bits per heavy atom. The van der Waals surface area contributed by atoms with Crippen LogP contribution in [-0.2, 0) is 6.18 Å². The summed E-state index contributed by atoms with van der Waals surface area (Å²) in [6.07, 6.45) is -1.88. The normalized spacial score (nSPS) is 12.5. The maximum absolute atomic E-state index is 15.1. The van der Waals surface area contributed by atoms with Crippen LogP contribution in [0.25, 0.3) is 28.0 Å². The standard InChI is InChI=1S/C29H27F4N3/c1-4-11-19(5-2)20-14-10-16-24(30)26(20)18(3)34-28-22-13-7-9-17-25(22)35-27(36-28)21-12-6-8-15-23(21)29(31,32)33/h6-10,12-17,19H,3-5,11H2,1-2H3,(H,34,35,36). The first-order chi connectivity index (χ1) is 17.2. The van der Waals surface area contributed by atoms with E-state index in [4.69, 9.17) is 0 Å². The molecule has 3 aromatic carbocycles. The molecule has 186 valence electrons. The van der Waals surface area contributed by atoms with Gasteiger partial charge in [0.25, 0.3) is 0 Å². The van der Waals surface area contributed by atoms with Gasteiger partial charge in [-0.1, -0.05) is 69.3 Å². The SMILES string of the molecule is C=C(Nc1nc(-c2ccccc2C(F)(F)F)nc2ccccc12)c1c(F)cccc1C(CC)CCC. The van der Waals surface area contributed by atoms with E-state index in [1.54, 1.807) is 30.3 Å². The van der Waals surface area contributed by atoms with Crippen molar-refractivity contribution in [1.29, 1.82) is 0 Å². The van der Waals surface area contributed by atoms with E-state index in [2.05, 4.69) is 35.7 Å². The molecule has 0 amide bonds. The molecule has 1 atom stereocenters. The van der Waals surface area contributed by atoms with E-state index < -0.39 is 17.6 Å². The van der Waals surface area contributed by atoms with E-state index >= 15 is 4.39 Å². The number of hydrogen-bond acceptors (Lipinski definition) is 3. The second kappa shape index (κ2) is 10.5. The summed E-state index contributed by atoms with van der Waals surface area (Å²) in [6.45, 7) is 8.24. The van der Waals surface area contributed by atoms with E-state index in [9.17, 15) is 13.2 Å². The van der Waals surface area contributed by atoms with Gasteiger partial charge in [0.1, 0.15) is 11.6 Å². The zero-order chi connectivity index (χ0) is 25.9. The van der Waals surface area contributed by atoms with Crippen molar-refractivity contribution >= 4 is 22.4 Å². The van der Waals surface area contributed by atoms with Crippen LogP contribution in [0.3, 0.4) is 0 Å². The van der Waals surface area contributed by atoms with Gasteiger partial charge >= 0.3 is 6.18 Å². The van der Waals surface area contributed by atoms with Crippen molar-refractivity contribution in [3.63, 3.8) is 0 Å². The molecule has 3 nitrogen and oxygen atoms in total. The second-order valence-corrected chi connectivity index (χ2v) is 8.66. The van der Waals surface area contributed by atoms with Gasteiger partial charge < -0.3 is 5.32 Å². The lowest BCUT2D eigenvalue weighted by Gasteiger charge is -2.21. The fourth-order valence-corrected chi connectivity index (χ4v) is 4.55. The molecular weight excluding hydrogens is 466 g/mol. The molecular formula is C29H27F4N3. The summed E-state index contributed by atoms with van der Waals surface area (Å²) in [5.74, 6) is -0.0883. The number of nitrogens with zero attached hydrogens (tertiary/aromatic N) is 2. The van der Waals surface area contributed by atoms with Gasteiger partial charge in [-0.25, -0.2) is 14.4 Å². The Hall–Kier alpha value is -3.74. The summed E-state index contributed by atoms with van der Waals surface area (Å²) in [5.41, 5.74) is 0.991. The van der Waals surface area contributed by atoms with Gasteiger partial charge in [-0.3, -0.25) is 0 Å². The molecule has 0 aliphatic heterocycles. The zero-order valence-corrected chi connectivity index (χ0v) is 20.2. The summed E-state index contributed by atoms with van der Waals surface area (Å²) in [4.78, 5) is 8.87. The first-order valence-electron chi connectivity index (χ1n) is 11.9. The summed E-state index contributed by atoms with van der Waals surface area (Å²) in [7, 11) is 0. The minimum Gasteiger partial charge on any atom is -0.339 e. The minimum atomic E-state index is -4.57. The van der Waals surface area contributed by atoms with Crippen molar-refractivity contribution in [2.24, 2.45) is 0 Å². The number of aromatic nitrogens is 2. The van der Waals surface area contributed by atoms with Crippen molar-refractivity contribution in [3.8, 4) is 11.4 Å². The average Bonchev–Trinajstić information content (AvgIpc) is 2.86. The number of anilines is 1. The van der Waals surface area contributed by atoms with Crippen LogP contribution in [-0.4, -0.2) is 9.97 Å². The van der Waals surface area contributed by atoms with Gasteiger partial charge in [0.2, 0.25) is 0 Å². The van der Waals surface area contributed by atoms with E-state index in [0.717, 1.165) is 30.9 Å². The van der Waals surface area contributed by atoms with Crippen LogP contribution in [0, 0.1) is 5.82 Å². The number of hydrogen-bond donors (Lipinski definition) is 1. The average molecular weight is 494 g/mol. The third-order valence-electron chi connectivity index (χ3n) is 6.26. The Morgan fingerprint density at radius 2 is 1.67 bits per heavy atom. The largest absolute Gasteiger partial charge is 0.417 e. The highest BCUT2D eigenvalue weighted by molar-refractivity contribution is 5.94. The van der Waals surface area contributed by atoms with Gasteiger partial charge in [-0.05, 0) is 48.6 Å². The molecule has 4 rings (SSSR count). The number of fused-ring (bicyclic) bond motifs is 1. The molecule has 1 unspecified atom stereocenters. The Kier molecular flexibility index (Phi) is 7.38. The number of rotatable bonds is 8. The quantitative estimate of drug-likeness (QED) is 0.249. The van der Waals surface area contributed by atoms with E-state index in [-0.39, 0.29) is 28.8 Å². The van der Waals surface area contributed by atoms with Gasteiger partial charge in [0.05, 0.1) is 11.1 Å². The molecule has 0 spiro atoms. The highest BCUT2D eigenvalue weighted by Crippen LogP contribution is 2.38. The van der Waals surface area contributed by atoms with Gasteiger partial charge in [0.15, 0.2) is 5.82 Å². The fraction of sp³-hybridized carbons (Fsp3) is 0.241. The number of benzene rings is 3. The zero-order valence-electron chi connectivity index (χ0n) is 20.2. The van der Waals surface area contributed by atoms with Crippen LogP contribution < -0.4 is 5.32 Å². The predicted molar refractivity (Wildman–Crippen MR) is 137 cm³/mol. The van der Waals surface area contributed by atoms with Crippen molar-refractivity contribution in [2.75, 3.05) is 5.32 Å². The molecule has 0 saturated heterocycles. The van der Waals surface area contributed by atoms with Crippen LogP contribution in [0.15, 0.2) is 73.3 Å². The van der Waals surface area contributed by atoms with Crippen LogP contribution in [0.5, 0.6) is 0 Å². The first kappa shape index (κ1) is 25.4. The Labute approximate surface area is 207 Å². The van der Waals surface area contributed by atoms with Crippen molar-refractivity contribution in [3.05, 3.63) is 95.8 Å². The molecule has 0 fully saturated rings. The fourth-order valence-electron chi connectivity index (χ4n) is 4.55. The predicted octanol–water partition coefficient (Wildman–Crippen LogP) is 8.83. The van der Waals surface area contributed by atoms with Gasteiger partial charge in [-0.15, -0.1) is 0 Å². The third kappa shape index (κ3) is 5.10. The lowest BCUT2D eigenvalue weighted by atomic mass is 9.87. The molecule has 0 aliphatic rings. The number of para-hydroxylation sites is 1. The summed E-state index contributed by atoms with van der Waals surface area (Å²) < 4.78 is 56.3. The van der Waals surface area contributed by atoms with E-state index in [1.165, 1.54) is 24.3 Å². The van der Waals surface area contributed by atoms with Crippen LogP contribution in [0.4, 0.5) is 23.4 Å². The Morgan fingerprint density at radius 1 is 0.944 bits per heavy atom. The molecule has 4 aromatic rings. The first-order valence-corrected chi connectivity index (χ1v) is 11.9. The van der Waals surface area contributed by atoms with E-state index in [0.29, 0.717) is 16.5 Å². The van der Waals surface area contributed by atoms with Gasteiger partial charge in [0, 0.05) is 22.2 Å². The molecule has 7 heteroatoms. The molecule has 1 heterocycles. The maximum atomic E-state index is 15.1. The van der Waals surface area contributed by atoms with Crippen LogP contribution in [0.1, 0.15) is 55.7 Å². The maximum Gasteiger partial charge on any atom is 0.417 e. The second-order valence-electron chi connectivity index (χ2n) is 8.66. The van der Waals surface area contributed by atoms with Crippen molar-refractivity contribution in [2.45, 2.75) is 45.2 Å². The van der Waals surface area contributed by atoms with Crippen LogP contribution >= 0.6 is 0 Å². The molecule has 36 heavy (non-hydrogen) atoms. The van der Waals surface area contributed by atoms with E-state index in [1.807, 2.05) is 6.07 Å². The molecule has 0 bridgehead atoms. The topological polar surface area (TPSA) is 37.8 Å². The summed E-state index contributed by atoms with van der Waals surface area (Å²) in [5, 5.41) is 3.69. The molecule has 0 saturated carbocycles. The number of halogens is 4. The monoisotopic (exact) mass is 493 g/mol. The van der Waals surface area contributed by atoms with Crippen LogP contribution in [0.2, 0.25) is 0 Å². The molecule has 0 aliphatic carbocycles. The lowest BCUT2D eigenvalue weighted by Crippen LogP contribution is -2.11. The minimum absolute atomic E-state index is 0.0805. The van der Waals surface area contributed by atoms with Crippen molar-refractivity contribution < 1.29 is 17.6 Å². The number of nitrogens with one attached hydrogen (secondary N) is 1.